The normalized spacial score (nSPS) is 9.05. The van der Waals surface area contributed by atoms with Gasteiger partial charge in [-0.15, -0.1) is 6.58 Å². The van der Waals surface area contributed by atoms with Crippen LogP contribution in [0.3, 0.4) is 0 Å². The van der Waals surface area contributed by atoms with Crippen molar-refractivity contribution in [2.75, 3.05) is 25.1 Å². The average molecular weight is 284 g/mol. The summed E-state index contributed by atoms with van der Waals surface area (Å²) >= 11 is 6.11. The molecule has 0 bridgehead atoms. The summed E-state index contributed by atoms with van der Waals surface area (Å²) in [6, 6.07) is 7.53. The Bertz CT molecular complexity index is 393. The highest BCUT2D eigenvalue weighted by atomic mass is 35.5. The first-order chi connectivity index (χ1) is 9.19. The van der Waals surface area contributed by atoms with Gasteiger partial charge in [-0.05, 0) is 12.1 Å². The van der Waals surface area contributed by atoms with Crippen LogP contribution in [0.1, 0.15) is 20.3 Å². The molecule has 0 atom stereocenters. The lowest BCUT2D eigenvalue weighted by atomic mass is 10.2. The molecule has 0 N–H and O–H groups in total. The van der Waals surface area contributed by atoms with E-state index in [0.717, 1.165) is 5.69 Å². The number of esters is 1. The molecule has 4 heteroatoms. The highest BCUT2D eigenvalue weighted by Gasteiger charge is 2.10. The molecule has 0 fully saturated rings. The van der Waals surface area contributed by atoms with Crippen molar-refractivity contribution in [1.29, 1.82) is 0 Å². The maximum Gasteiger partial charge on any atom is 0.307 e. The topological polar surface area (TPSA) is 29.5 Å². The fourth-order valence-electron chi connectivity index (χ4n) is 1.50. The van der Waals surface area contributed by atoms with Gasteiger partial charge in [-0.25, -0.2) is 0 Å². The highest BCUT2D eigenvalue weighted by Crippen LogP contribution is 2.25. The molecule has 0 aliphatic heterocycles. The predicted molar refractivity (Wildman–Crippen MR) is 81.8 cm³/mol. The molecule has 0 amide bonds. The van der Waals surface area contributed by atoms with E-state index in [0.29, 0.717) is 24.5 Å². The van der Waals surface area contributed by atoms with Crippen LogP contribution >= 0.6 is 11.6 Å². The van der Waals surface area contributed by atoms with Gasteiger partial charge < -0.3 is 9.64 Å². The Morgan fingerprint density at radius 3 is 2.58 bits per heavy atom. The fraction of sp³-hybridized carbons (Fsp3) is 0.400. The number of anilines is 1. The number of benzene rings is 1. The van der Waals surface area contributed by atoms with Crippen molar-refractivity contribution < 1.29 is 9.53 Å². The third-order valence-electron chi connectivity index (χ3n) is 2.36. The van der Waals surface area contributed by atoms with Crippen LogP contribution in [-0.2, 0) is 9.53 Å². The Hall–Kier alpha value is -1.48. The molecule has 0 unspecified atom stereocenters. The lowest BCUT2D eigenvalue weighted by Crippen LogP contribution is -2.26. The molecule has 0 aromatic heterocycles. The third-order valence-corrected chi connectivity index (χ3v) is 2.68. The lowest BCUT2D eigenvalue weighted by molar-refractivity contribution is -0.140. The molecule has 0 aliphatic carbocycles. The van der Waals surface area contributed by atoms with E-state index >= 15 is 0 Å². The minimum absolute atomic E-state index is 0.230. The van der Waals surface area contributed by atoms with Crippen molar-refractivity contribution >= 4 is 23.3 Å². The number of hydrogen-bond donors (Lipinski definition) is 0. The second kappa shape index (κ2) is 10.4. The van der Waals surface area contributed by atoms with Crippen LogP contribution in [0.5, 0.6) is 0 Å². The van der Waals surface area contributed by atoms with Gasteiger partial charge >= 0.3 is 5.97 Å². The predicted octanol–water partition coefficient (Wildman–Crippen LogP) is 3.92. The van der Waals surface area contributed by atoms with Crippen molar-refractivity contribution in [2.24, 2.45) is 0 Å². The molecule has 1 aromatic carbocycles. The van der Waals surface area contributed by atoms with Crippen LogP contribution in [-0.4, -0.2) is 26.2 Å². The highest BCUT2D eigenvalue weighted by molar-refractivity contribution is 6.33. The van der Waals surface area contributed by atoms with E-state index in [1.54, 1.807) is 6.08 Å². The van der Waals surface area contributed by atoms with Gasteiger partial charge in [0.1, 0.15) is 0 Å². The minimum Gasteiger partial charge on any atom is -0.469 e. The summed E-state index contributed by atoms with van der Waals surface area (Å²) in [5.74, 6) is -0.230. The summed E-state index contributed by atoms with van der Waals surface area (Å²) in [5, 5.41) is 0.666. The van der Waals surface area contributed by atoms with Crippen molar-refractivity contribution in [3.63, 3.8) is 0 Å². The van der Waals surface area contributed by atoms with Gasteiger partial charge in [-0.2, -0.15) is 0 Å². The number of hydrogen-bond acceptors (Lipinski definition) is 3. The van der Waals surface area contributed by atoms with Crippen molar-refractivity contribution in [1.82, 2.24) is 0 Å². The summed E-state index contributed by atoms with van der Waals surface area (Å²) in [4.78, 5) is 13.1. The fourth-order valence-corrected chi connectivity index (χ4v) is 1.76. The number of rotatable bonds is 6. The van der Waals surface area contributed by atoms with E-state index in [1.807, 2.05) is 43.0 Å². The standard InChI is InChI=1S/C13H16ClNO2.C2H6/c1-3-9-15(10-8-13(16)17-2)12-7-5-4-6-11(12)14;1-2/h3-7H,1,8-10H2,2H3;1-2H3. The summed E-state index contributed by atoms with van der Waals surface area (Å²) in [5.41, 5.74) is 0.901. The smallest absolute Gasteiger partial charge is 0.307 e. The summed E-state index contributed by atoms with van der Waals surface area (Å²) in [6.45, 7) is 8.90. The number of ether oxygens (including phenoxy) is 1. The van der Waals surface area contributed by atoms with Crippen LogP contribution in [0.2, 0.25) is 5.02 Å². The zero-order valence-corrected chi connectivity index (χ0v) is 12.6. The Morgan fingerprint density at radius 2 is 2.05 bits per heavy atom. The monoisotopic (exact) mass is 283 g/mol. The first-order valence-electron chi connectivity index (χ1n) is 6.36. The zero-order chi connectivity index (χ0) is 14.7. The molecule has 0 saturated carbocycles. The first kappa shape index (κ1) is 17.5. The number of carbonyl (C=O) groups excluding carboxylic acids is 1. The van der Waals surface area contributed by atoms with Crippen LogP contribution in [0.25, 0.3) is 0 Å². The van der Waals surface area contributed by atoms with Crippen LogP contribution < -0.4 is 4.90 Å². The molecule has 106 valence electrons. The van der Waals surface area contributed by atoms with Gasteiger partial charge in [0.25, 0.3) is 0 Å². The Kier molecular flexibility index (Phi) is 9.63. The molecule has 0 saturated heterocycles. The number of nitrogens with zero attached hydrogens (tertiary/aromatic N) is 1. The van der Waals surface area contributed by atoms with Gasteiger partial charge in [-0.3, -0.25) is 4.79 Å². The Balaban J connectivity index is 0.00000154. The quantitative estimate of drug-likeness (QED) is 0.585. The minimum atomic E-state index is -0.230. The Morgan fingerprint density at radius 1 is 1.42 bits per heavy atom. The third kappa shape index (κ3) is 6.30. The van der Waals surface area contributed by atoms with Crippen LogP contribution in [0, 0.1) is 0 Å². The largest absolute Gasteiger partial charge is 0.469 e. The van der Waals surface area contributed by atoms with E-state index in [-0.39, 0.29) is 5.97 Å². The summed E-state index contributed by atoms with van der Waals surface area (Å²) in [6.07, 6.45) is 2.11. The first-order valence-corrected chi connectivity index (χ1v) is 6.74. The van der Waals surface area contributed by atoms with E-state index in [9.17, 15) is 4.79 Å². The SMILES string of the molecule is C=CCN(CCC(=O)OC)c1ccccc1Cl.CC. The van der Waals surface area contributed by atoms with Crippen molar-refractivity contribution in [3.05, 3.63) is 41.9 Å². The molecular weight excluding hydrogens is 262 g/mol. The molecule has 0 heterocycles. The van der Waals surface area contributed by atoms with Gasteiger partial charge in [0.15, 0.2) is 0 Å². The zero-order valence-electron chi connectivity index (χ0n) is 11.9. The van der Waals surface area contributed by atoms with Gasteiger partial charge in [0.05, 0.1) is 24.2 Å². The van der Waals surface area contributed by atoms with Gasteiger partial charge in [0.2, 0.25) is 0 Å². The van der Waals surface area contributed by atoms with Crippen LogP contribution in [0.4, 0.5) is 5.69 Å². The second-order valence-electron chi connectivity index (χ2n) is 3.51. The van der Waals surface area contributed by atoms with E-state index in [4.69, 9.17) is 11.6 Å². The van der Waals surface area contributed by atoms with Gasteiger partial charge in [-0.1, -0.05) is 43.7 Å². The number of methoxy groups -OCH3 is 1. The number of halogens is 1. The lowest BCUT2D eigenvalue weighted by Gasteiger charge is -2.23. The second-order valence-corrected chi connectivity index (χ2v) is 3.92. The maximum atomic E-state index is 11.1. The summed E-state index contributed by atoms with van der Waals surface area (Å²) in [7, 11) is 1.38. The average Bonchev–Trinajstić information content (AvgIpc) is 2.46. The molecule has 0 aliphatic rings. The molecule has 0 radical (unpaired) electrons. The van der Waals surface area contributed by atoms with Crippen LogP contribution in [0.15, 0.2) is 36.9 Å². The molecule has 3 nitrogen and oxygen atoms in total. The molecular formula is C15H22ClNO2. The number of carbonyl (C=O) groups is 1. The Labute approximate surface area is 120 Å². The molecule has 0 spiro atoms. The van der Waals surface area contributed by atoms with E-state index in [1.165, 1.54) is 7.11 Å². The molecule has 19 heavy (non-hydrogen) atoms. The molecule has 1 aromatic rings. The maximum absolute atomic E-state index is 11.1. The van der Waals surface area contributed by atoms with E-state index < -0.39 is 0 Å². The van der Waals surface area contributed by atoms with Gasteiger partial charge in [0, 0.05) is 13.1 Å². The number of para-hydroxylation sites is 1. The van der Waals surface area contributed by atoms with E-state index in [2.05, 4.69) is 11.3 Å². The van der Waals surface area contributed by atoms with Crippen molar-refractivity contribution in [2.45, 2.75) is 20.3 Å². The van der Waals surface area contributed by atoms with Crippen molar-refractivity contribution in [3.8, 4) is 0 Å². The molecule has 1 rings (SSSR count). The summed E-state index contributed by atoms with van der Waals surface area (Å²) < 4.78 is 4.62.